The predicted molar refractivity (Wildman–Crippen MR) is 119 cm³/mol. The Bertz CT molecular complexity index is 1120. The highest BCUT2D eigenvalue weighted by atomic mass is 19.4. The molecule has 0 aliphatic carbocycles. The number of rotatable bonds is 6. The minimum atomic E-state index is -4.93. The van der Waals surface area contributed by atoms with Crippen LogP contribution in [0.3, 0.4) is 0 Å². The highest BCUT2D eigenvalue weighted by molar-refractivity contribution is 5.72. The average Bonchev–Trinajstić information content (AvgIpc) is 2.84. The van der Waals surface area contributed by atoms with Gasteiger partial charge in [-0.2, -0.15) is 26.3 Å². The molecule has 0 fully saturated rings. The van der Waals surface area contributed by atoms with E-state index in [9.17, 15) is 26.3 Å². The Labute approximate surface area is 197 Å². The summed E-state index contributed by atoms with van der Waals surface area (Å²) in [5, 5.41) is 1.36. The first-order valence-electron chi connectivity index (χ1n) is 10.6. The number of alkyl halides is 6. The summed E-state index contributed by atoms with van der Waals surface area (Å²) >= 11 is 0. The molecule has 3 aromatic carbocycles. The molecule has 0 saturated heterocycles. The summed E-state index contributed by atoms with van der Waals surface area (Å²) in [6.45, 7) is -0.514. The Balaban J connectivity index is 1.64. The van der Waals surface area contributed by atoms with Gasteiger partial charge in [0.15, 0.2) is 6.17 Å². The number of allylic oxidation sites excluding steroid dienone is 1. The van der Waals surface area contributed by atoms with Gasteiger partial charge in [-0.1, -0.05) is 60.7 Å². The van der Waals surface area contributed by atoms with Crippen LogP contribution in [-0.2, 0) is 23.8 Å². The lowest BCUT2D eigenvalue weighted by molar-refractivity contribution is -0.162. The van der Waals surface area contributed by atoms with E-state index in [1.165, 1.54) is 5.06 Å². The van der Waals surface area contributed by atoms with Crippen molar-refractivity contribution in [2.45, 2.75) is 31.0 Å². The van der Waals surface area contributed by atoms with Crippen LogP contribution < -0.4 is 0 Å². The maximum atomic E-state index is 13.2. The summed E-state index contributed by atoms with van der Waals surface area (Å²) < 4.78 is 79.4. The Morgan fingerprint density at radius 3 is 1.77 bits per heavy atom. The fraction of sp³-hybridized carbons (Fsp3) is 0.192. The van der Waals surface area contributed by atoms with Crippen LogP contribution in [0.25, 0.3) is 0 Å². The molecule has 35 heavy (non-hydrogen) atoms. The smallest absolute Gasteiger partial charge is 0.267 e. The Hall–Kier alpha value is -3.59. The molecule has 4 rings (SSSR count). The second-order valence-corrected chi connectivity index (χ2v) is 7.90. The maximum Gasteiger partial charge on any atom is 0.416 e. The molecule has 1 aliphatic heterocycles. The van der Waals surface area contributed by atoms with Crippen molar-refractivity contribution in [3.63, 3.8) is 0 Å². The van der Waals surface area contributed by atoms with Crippen molar-refractivity contribution in [3.05, 3.63) is 119 Å². The SMILES string of the molecule is FC(F)(F)c1cc(CON2C=CC=N[C@@H]2C(c2ccccc2)c2ccccc2)cc(C(F)(F)F)c1. The zero-order valence-corrected chi connectivity index (χ0v) is 18.2. The summed E-state index contributed by atoms with van der Waals surface area (Å²) in [7, 11) is 0. The Morgan fingerprint density at radius 2 is 1.29 bits per heavy atom. The van der Waals surface area contributed by atoms with Crippen LogP contribution in [0.4, 0.5) is 26.3 Å². The number of hydroxylamine groups is 2. The van der Waals surface area contributed by atoms with Gasteiger partial charge >= 0.3 is 12.4 Å². The molecule has 0 spiro atoms. The van der Waals surface area contributed by atoms with Gasteiger partial charge in [-0.15, -0.1) is 0 Å². The molecule has 0 N–H and O–H groups in total. The van der Waals surface area contributed by atoms with Gasteiger partial charge in [0.2, 0.25) is 0 Å². The van der Waals surface area contributed by atoms with E-state index in [0.29, 0.717) is 12.1 Å². The lowest BCUT2D eigenvalue weighted by atomic mass is 9.88. The van der Waals surface area contributed by atoms with Crippen molar-refractivity contribution in [2.24, 2.45) is 4.99 Å². The molecule has 1 aliphatic rings. The summed E-state index contributed by atoms with van der Waals surface area (Å²) in [6.07, 6.45) is -5.79. The highest BCUT2D eigenvalue weighted by Crippen LogP contribution is 2.37. The number of hydrogen-bond acceptors (Lipinski definition) is 3. The summed E-state index contributed by atoms with van der Waals surface area (Å²) in [6, 6.07) is 20.3. The van der Waals surface area contributed by atoms with Crippen molar-refractivity contribution in [2.75, 3.05) is 0 Å². The van der Waals surface area contributed by atoms with Crippen molar-refractivity contribution in [3.8, 4) is 0 Å². The van der Waals surface area contributed by atoms with E-state index in [1.807, 2.05) is 60.7 Å². The minimum absolute atomic E-state index is 0.0955. The van der Waals surface area contributed by atoms with Crippen LogP contribution in [0.1, 0.15) is 33.7 Å². The van der Waals surface area contributed by atoms with Gasteiger partial charge in [0.25, 0.3) is 0 Å². The molecule has 0 bridgehead atoms. The van der Waals surface area contributed by atoms with E-state index >= 15 is 0 Å². The van der Waals surface area contributed by atoms with Gasteiger partial charge in [-0.05, 0) is 41.0 Å². The molecular formula is C26H20F6N2O. The predicted octanol–water partition coefficient (Wildman–Crippen LogP) is 7.21. The summed E-state index contributed by atoms with van der Waals surface area (Å²) in [4.78, 5) is 10.3. The van der Waals surface area contributed by atoms with Crippen LogP contribution in [0.5, 0.6) is 0 Å². The van der Waals surface area contributed by atoms with Crippen molar-refractivity contribution in [1.29, 1.82) is 0 Å². The van der Waals surface area contributed by atoms with E-state index in [-0.39, 0.29) is 17.5 Å². The number of benzene rings is 3. The zero-order chi connectivity index (χ0) is 25.1. The largest absolute Gasteiger partial charge is 0.416 e. The molecular weight excluding hydrogens is 470 g/mol. The standard InChI is InChI=1S/C26H20F6N2O/c27-25(28,29)21-14-18(15-22(16-21)26(30,31)32)17-35-34-13-7-12-33-24(34)23(19-8-3-1-4-9-19)20-10-5-2-6-11-20/h1-16,23-24H,17H2/t24-/m0/s1. The number of nitrogens with zero attached hydrogens (tertiary/aromatic N) is 2. The quantitative estimate of drug-likeness (QED) is 0.341. The van der Waals surface area contributed by atoms with E-state index in [1.54, 1.807) is 18.5 Å². The average molecular weight is 490 g/mol. The van der Waals surface area contributed by atoms with Crippen LogP contribution in [0.15, 0.2) is 96.1 Å². The second-order valence-electron chi connectivity index (χ2n) is 7.90. The van der Waals surface area contributed by atoms with E-state index in [2.05, 4.69) is 4.99 Å². The summed E-state index contributed by atoms with van der Waals surface area (Å²) in [5.74, 6) is -0.314. The molecule has 3 nitrogen and oxygen atoms in total. The van der Waals surface area contributed by atoms with Crippen LogP contribution in [0, 0.1) is 0 Å². The van der Waals surface area contributed by atoms with Gasteiger partial charge in [0.05, 0.1) is 17.0 Å². The molecule has 0 saturated carbocycles. The van der Waals surface area contributed by atoms with Gasteiger partial charge in [-0.25, -0.2) is 5.06 Å². The third kappa shape index (κ3) is 5.92. The van der Waals surface area contributed by atoms with Crippen molar-refractivity contribution < 1.29 is 31.2 Å². The lowest BCUT2D eigenvalue weighted by Crippen LogP contribution is -2.36. The third-order valence-corrected chi connectivity index (χ3v) is 5.46. The molecule has 0 amide bonds. The first-order valence-corrected chi connectivity index (χ1v) is 10.6. The summed E-state index contributed by atoms with van der Waals surface area (Å²) in [5.41, 5.74) is -1.20. The first-order chi connectivity index (χ1) is 16.6. The molecule has 0 aromatic heterocycles. The number of aliphatic imine (C=N–C) groups is 1. The van der Waals surface area contributed by atoms with E-state index in [4.69, 9.17) is 4.84 Å². The van der Waals surface area contributed by atoms with Gasteiger partial charge in [-0.3, -0.25) is 9.83 Å². The maximum absolute atomic E-state index is 13.2. The minimum Gasteiger partial charge on any atom is -0.267 e. The number of halogens is 6. The molecule has 0 radical (unpaired) electrons. The van der Waals surface area contributed by atoms with Crippen LogP contribution >= 0.6 is 0 Å². The zero-order valence-electron chi connectivity index (χ0n) is 18.2. The normalized spacial score (nSPS) is 16.2. The lowest BCUT2D eigenvalue weighted by Gasteiger charge is -2.34. The number of hydrogen-bond donors (Lipinski definition) is 0. The molecule has 3 aromatic rings. The first kappa shape index (κ1) is 24.5. The molecule has 1 heterocycles. The van der Waals surface area contributed by atoms with Gasteiger partial charge in [0, 0.05) is 12.4 Å². The molecule has 9 heteroatoms. The van der Waals surface area contributed by atoms with Gasteiger partial charge < -0.3 is 0 Å². The second kappa shape index (κ2) is 9.95. The molecule has 1 atom stereocenters. The van der Waals surface area contributed by atoms with Gasteiger partial charge in [0.1, 0.15) is 6.61 Å². The van der Waals surface area contributed by atoms with Crippen molar-refractivity contribution in [1.82, 2.24) is 5.06 Å². The van der Waals surface area contributed by atoms with E-state index < -0.39 is 36.3 Å². The monoisotopic (exact) mass is 490 g/mol. The van der Waals surface area contributed by atoms with Crippen LogP contribution in [-0.4, -0.2) is 17.4 Å². The topological polar surface area (TPSA) is 24.8 Å². The van der Waals surface area contributed by atoms with Crippen molar-refractivity contribution >= 4 is 6.21 Å². The Kier molecular flexibility index (Phi) is 6.98. The highest BCUT2D eigenvalue weighted by Gasteiger charge is 2.37. The fourth-order valence-corrected chi connectivity index (χ4v) is 3.88. The van der Waals surface area contributed by atoms with E-state index in [0.717, 1.165) is 11.1 Å². The molecule has 0 unspecified atom stereocenters. The molecule has 182 valence electrons. The van der Waals surface area contributed by atoms with Crippen LogP contribution in [0.2, 0.25) is 0 Å². The third-order valence-electron chi connectivity index (χ3n) is 5.46. The Morgan fingerprint density at radius 1 is 0.771 bits per heavy atom. The fourth-order valence-electron chi connectivity index (χ4n) is 3.88.